The molecule has 1 aromatic heterocycles. The van der Waals surface area contributed by atoms with Crippen LogP contribution >= 0.6 is 0 Å². The van der Waals surface area contributed by atoms with Gasteiger partial charge in [0.2, 0.25) is 5.95 Å². The Bertz CT molecular complexity index is 630. The normalized spacial score (nSPS) is 11.2. The van der Waals surface area contributed by atoms with Gasteiger partial charge in [-0.3, -0.25) is 10.1 Å². The lowest BCUT2D eigenvalue weighted by Gasteiger charge is -2.10. The van der Waals surface area contributed by atoms with Gasteiger partial charge in [-0.25, -0.2) is 9.37 Å². The maximum Gasteiger partial charge on any atom is 0.419 e. The number of carbonyl (C=O) groups excluding carboxylic acids is 1. The van der Waals surface area contributed by atoms with Crippen molar-refractivity contribution in [2.24, 2.45) is 0 Å². The van der Waals surface area contributed by atoms with Crippen molar-refractivity contribution < 1.29 is 22.4 Å². The highest BCUT2D eigenvalue weighted by Gasteiger charge is 2.35. The summed E-state index contributed by atoms with van der Waals surface area (Å²) in [5.74, 6) is -2.99. The number of carbonyl (C=O) groups is 1. The van der Waals surface area contributed by atoms with E-state index >= 15 is 0 Å². The van der Waals surface area contributed by atoms with E-state index in [9.17, 15) is 22.4 Å². The second kappa shape index (κ2) is 5.19. The Morgan fingerprint density at radius 1 is 1.20 bits per heavy atom. The van der Waals surface area contributed by atoms with Crippen LogP contribution in [0.3, 0.4) is 0 Å². The molecule has 0 saturated heterocycles. The van der Waals surface area contributed by atoms with Crippen LogP contribution in [0.25, 0.3) is 0 Å². The molecule has 0 atom stereocenters. The molecule has 0 radical (unpaired) electrons. The van der Waals surface area contributed by atoms with Crippen LogP contribution in [0.2, 0.25) is 0 Å². The Hall–Kier alpha value is -2.58. The minimum absolute atomic E-state index is 0.241. The first-order valence-electron chi connectivity index (χ1n) is 5.20. The summed E-state index contributed by atoms with van der Waals surface area (Å²) in [6.45, 7) is 0. The first kappa shape index (κ1) is 13.8. The van der Waals surface area contributed by atoms with E-state index in [1.54, 1.807) is 0 Å². The molecular weight excluding hydrogens is 280 g/mol. The molecule has 1 amide bonds. The van der Waals surface area contributed by atoms with E-state index in [4.69, 9.17) is 0 Å². The van der Waals surface area contributed by atoms with Crippen LogP contribution in [0.1, 0.15) is 15.9 Å². The third kappa shape index (κ3) is 2.87. The molecule has 0 unspecified atom stereocenters. The second-order valence-electron chi connectivity index (χ2n) is 3.59. The van der Waals surface area contributed by atoms with E-state index in [2.05, 4.69) is 15.2 Å². The SMILES string of the molecule is O=C(Nc1nccnn1)c1cccc(C(F)(F)F)c1F. The van der Waals surface area contributed by atoms with Crippen LogP contribution in [0.5, 0.6) is 0 Å². The van der Waals surface area contributed by atoms with Crippen molar-refractivity contribution in [3.63, 3.8) is 0 Å². The number of hydrogen-bond acceptors (Lipinski definition) is 4. The molecule has 104 valence electrons. The minimum atomic E-state index is -4.88. The van der Waals surface area contributed by atoms with E-state index in [0.717, 1.165) is 12.1 Å². The molecule has 0 aliphatic heterocycles. The van der Waals surface area contributed by atoms with Gasteiger partial charge in [-0.05, 0) is 12.1 Å². The number of alkyl halides is 3. The van der Waals surface area contributed by atoms with Gasteiger partial charge in [0.25, 0.3) is 5.91 Å². The largest absolute Gasteiger partial charge is 0.419 e. The monoisotopic (exact) mass is 286 g/mol. The number of hydrogen-bond donors (Lipinski definition) is 1. The smallest absolute Gasteiger partial charge is 0.289 e. The third-order valence-corrected chi connectivity index (χ3v) is 2.26. The van der Waals surface area contributed by atoms with Crippen LogP contribution in [-0.2, 0) is 6.18 Å². The van der Waals surface area contributed by atoms with Crippen molar-refractivity contribution in [1.29, 1.82) is 0 Å². The molecule has 2 rings (SSSR count). The predicted molar refractivity (Wildman–Crippen MR) is 59.2 cm³/mol. The fourth-order valence-electron chi connectivity index (χ4n) is 1.40. The predicted octanol–water partition coefficient (Wildman–Crippen LogP) is 2.28. The number of aromatic nitrogens is 3. The molecule has 0 bridgehead atoms. The average Bonchev–Trinajstić information content (AvgIpc) is 2.38. The molecule has 1 heterocycles. The van der Waals surface area contributed by atoms with Crippen molar-refractivity contribution in [1.82, 2.24) is 15.2 Å². The summed E-state index contributed by atoms with van der Waals surface area (Å²) in [4.78, 5) is 15.3. The number of amides is 1. The van der Waals surface area contributed by atoms with Crippen molar-refractivity contribution in [2.75, 3.05) is 5.32 Å². The summed E-state index contributed by atoms with van der Waals surface area (Å²) in [6.07, 6.45) is -2.43. The number of nitrogens with one attached hydrogen (secondary N) is 1. The van der Waals surface area contributed by atoms with Gasteiger partial charge < -0.3 is 0 Å². The molecule has 0 fully saturated rings. The Kier molecular flexibility index (Phi) is 3.59. The van der Waals surface area contributed by atoms with Crippen molar-refractivity contribution >= 4 is 11.9 Å². The van der Waals surface area contributed by atoms with Crippen LogP contribution < -0.4 is 5.32 Å². The summed E-state index contributed by atoms with van der Waals surface area (Å²) in [5.41, 5.74) is -2.27. The summed E-state index contributed by atoms with van der Waals surface area (Å²) < 4.78 is 51.2. The fourth-order valence-corrected chi connectivity index (χ4v) is 1.40. The zero-order valence-corrected chi connectivity index (χ0v) is 9.65. The molecule has 9 heteroatoms. The Morgan fingerprint density at radius 3 is 2.55 bits per heavy atom. The van der Waals surface area contributed by atoms with E-state index < -0.39 is 29.0 Å². The molecule has 0 aliphatic rings. The highest BCUT2D eigenvalue weighted by atomic mass is 19.4. The highest BCUT2D eigenvalue weighted by molar-refractivity contribution is 6.03. The lowest BCUT2D eigenvalue weighted by atomic mass is 10.1. The lowest BCUT2D eigenvalue weighted by molar-refractivity contribution is -0.140. The Morgan fingerprint density at radius 2 is 1.95 bits per heavy atom. The zero-order chi connectivity index (χ0) is 14.8. The van der Waals surface area contributed by atoms with Gasteiger partial charge in [-0.1, -0.05) is 6.07 Å². The first-order chi connectivity index (χ1) is 9.39. The van der Waals surface area contributed by atoms with Gasteiger partial charge in [-0.15, -0.1) is 5.10 Å². The molecular formula is C11H6F4N4O. The van der Waals surface area contributed by atoms with Crippen LogP contribution in [-0.4, -0.2) is 21.1 Å². The number of benzene rings is 1. The average molecular weight is 286 g/mol. The van der Waals surface area contributed by atoms with Crippen LogP contribution in [0.4, 0.5) is 23.5 Å². The molecule has 1 N–H and O–H groups in total. The van der Waals surface area contributed by atoms with Gasteiger partial charge in [0.15, 0.2) is 0 Å². The van der Waals surface area contributed by atoms with Gasteiger partial charge in [0.1, 0.15) is 5.82 Å². The zero-order valence-electron chi connectivity index (χ0n) is 9.65. The number of nitrogens with zero attached hydrogens (tertiary/aromatic N) is 3. The molecule has 5 nitrogen and oxygen atoms in total. The van der Waals surface area contributed by atoms with Crippen molar-refractivity contribution in [3.05, 3.63) is 47.5 Å². The van der Waals surface area contributed by atoms with E-state index in [1.165, 1.54) is 12.4 Å². The number of rotatable bonds is 2. The van der Waals surface area contributed by atoms with Gasteiger partial charge >= 0.3 is 6.18 Å². The van der Waals surface area contributed by atoms with E-state index in [-0.39, 0.29) is 5.95 Å². The van der Waals surface area contributed by atoms with Crippen LogP contribution in [0, 0.1) is 5.82 Å². The summed E-state index contributed by atoms with van der Waals surface area (Å²) in [6, 6.07) is 2.41. The first-order valence-corrected chi connectivity index (χ1v) is 5.20. The van der Waals surface area contributed by atoms with Gasteiger partial charge in [-0.2, -0.15) is 18.3 Å². The Labute approximate surface area is 109 Å². The summed E-state index contributed by atoms with van der Waals surface area (Å²) in [7, 11) is 0. The quantitative estimate of drug-likeness (QED) is 0.860. The molecule has 2 aromatic rings. The maximum absolute atomic E-state index is 13.7. The standard InChI is InChI=1S/C11H6F4N4O/c12-8-6(2-1-3-7(8)11(13,14)15)9(20)18-10-16-4-5-17-19-10/h1-5H,(H,16,18,19,20). The van der Waals surface area contributed by atoms with E-state index in [1.807, 2.05) is 5.32 Å². The topological polar surface area (TPSA) is 67.8 Å². The molecule has 0 spiro atoms. The van der Waals surface area contributed by atoms with Gasteiger partial charge in [0.05, 0.1) is 23.5 Å². The lowest BCUT2D eigenvalue weighted by Crippen LogP contribution is -2.18. The molecule has 0 saturated carbocycles. The second-order valence-corrected chi connectivity index (χ2v) is 3.59. The molecule has 1 aromatic carbocycles. The van der Waals surface area contributed by atoms with Crippen molar-refractivity contribution in [2.45, 2.75) is 6.18 Å². The maximum atomic E-state index is 13.7. The fraction of sp³-hybridized carbons (Fsp3) is 0.0909. The highest BCUT2D eigenvalue weighted by Crippen LogP contribution is 2.32. The van der Waals surface area contributed by atoms with Crippen molar-refractivity contribution in [3.8, 4) is 0 Å². The summed E-state index contributed by atoms with van der Waals surface area (Å²) in [5, 5.41) is 8.86. The number of halogens is 4. The van der Waals surface area contributed by atoms with Gasteiger partial charge in [0, 0.05) is 0 Å². The molecule has 0 aliphatic carbocycles. The molecule has 20 heavy (non-hydrogen) atoms. The number of anilines is 1. The van der Waals surface area contributed by atoms with Crippen LogP contribution in [0.15, 0.2) is 30.6 Å². The minimum Gasteiger partial charge on any atom is -0.289 e. The van der Waals surface area contributed by atoms with E-state index in [0.29, 0.717) is 6.07 Å². The Balaban J connectivity index is 2.32. The summed E-state index contributed by atoms with van der Waals surface area (Å²) >= 11 is 0. The third-order valence-electron chi connectivity index (χ3n) is 2.26.